The molecule has 2 rings (SSSR count). The highest BCUT2D eigenvalue weighted by Crippen LogP contribution is 2.18. The lowest BCUT2D eigenvalue weighted by molar-refractivity contribution is 0.244. The average molecular weight is 246 g/mol. The maximum absolute atomic E-state index is 9.08. The predicted octanol–water partition coefficient (Wildman–Crippen LogP) is 2.66. The summed E-state index contributed by atoms with van der Waals surface area (Å²) in [4.78, 5) is 3.23. The molecule has 0 saturated carbocycles. The first kappa shape index (κ1) is 13.1. The van der Waals surface area contributed by atoms with Crippen LogP contribution >= 0.6 is 0 Å². The van der Waals surface area contributed by atoms with E-state index in [1.807, 2.05) is 6.20 Å². The first-order chi connectivity index (χ1) is 8.72. The SMILES string of the molecule is CC(C)C(CCO)NCc1cccc2[nH]ccc12. The zero-order valence-electron chi connectivity index (χ0n) is 11.1. The highest BCUT2D eigenvalue weighted by atomic mass is 16.3. The lowest BCUT2D eigenvalue weighted by Gasteiger charge is -2.21. The molecule has 3 heteroatoms. The standard InChI is InChI=1S/C15H22N2O/c1-11(2)14(7-9-18)17-10-12-4-3-5-15-13(12)6-8-16-15/h3-6,8,11,14,16-18H,7,9-10H2,1-2H3. The second-order valence-corrected chi connectivity index (χ2v) is 5.10. The molecule has 0 bridgehead atoms. The van der Waals surface area contributed by atoms with Gasteiger partial charge in [-0.1, -0.05) is 26.0 Å². The third-order valence-electron chi connectivity index (χ3n) is 3.48. The first-order valence-corrected chi connectivity index (χ1v) is 6.61. The van der Waals surface area contributed by atoms with Crippen molar-refractivity contribution >= 4 is 10.9 Å². The summed E-state index contributed by atoms with van der Waals surface area (Å²) in [6.07, 6.45) is 2.78. The molecule has 0 radical (unpaired) electrons. The van der Waals surface area contributed by atoms with E-state index >= 15 is 0 Å². The van der Waals surface area contributed by atoms with Gasteiger partial charge in [0.1, 0.15) is 0 Å². The summed E-state index contributed by atoms with van der Waals surface area (Å²) in [5, 5.41) is 13.9. The van der Waals surface area contributed by atoms with Crippen LogP contribution < -0.4 is 5.32 Å². The Morgan fingerprint density at radius 2 is 2.11 bits per heavy atom. The number of benzene rings is 1. The van der Waals surface area contributed by atoms with Crippen LogP contribution in [-0.4, -0.2) is 22.7 Å². The summed E-state index contributed by atoms with van der Waals surface area (Å²) in [7, 11) is 0. The Morgan fingerprint density at radius 1 is 1.28 bits per heavy atom. The van der Waals surface area contributed by atoms with Crippen LogP contribution in [0.1, 0.15) is 25.8 Å². The van der Waals surface area contributed by atoms with Gasteiger partial charge in [-0.2, -0.15) is 0 Å². The predicted molar refractivity (Wildman–Crippen MR) is 75.5 cm³/mol. The van der Waals surface area contributed by atoms with Crippen molar-refractivity contribution in [2.45, 2.75) is 32.9 Å². The van der Waals surface area contributed by atoms with Crippen molar-refractivity contribution in [1.29, 1.82) is 0 Å². The highest BCUT2D eigenvalue weighted by Gasteiger charge is 2.12. The molecule has 1 aromatic heterocycles. The quantitative estimate of drug-likeness (QED) is 0.734. The lowest BCUT2D eigenvalue weighted by Crippen LogP contribution is -2.34. The molecule has 0 spiro atoms. The molecule has 0 fully saturated rings. The maximum atomic E-state index is 9.08. The topological polar surface area (TPSA) is 48.0 Å². The van der Waals surface area contributed by atoms with Gasteiger partial charge in [-0.3, -0.25) is 0 Å². The van der Waals surface area contributed by atoms with Gasteiger partial charge in [-0.15, -0.1) is 0 Å². The van der Waals surface area contributed by atoms with E-state index in [1.54, 1.807) is 0 Å². The van der Waals surface area contributed by atoms with E-state index in [9.17, 15) is 0 Å². The Balaban J connectivity index is 2.07. The van der Waals surface area contributed by atoms with Crippen LogP contribution in [0.2, 0.25) is 0 Å². The average Bonchev–Trinajstić information content (AvgIpc) is 2.82. The van der Waals surface area contributed by atoms with E-state index in [2.05, 4.69) is 48.4 Å². The molecular weight excluding hydrogens is 224 g/mol. The van der Waals surface area contributed by atoms with Gasteiger partial charge in [0.25, 0.3) is 0 Å². The van der Waals surface area contributed by atoms with Crippen molar-refractivity contribution in [3.8, 4) is 0 Å². The number of rotatable bonds is 6. The Bertz CT molecular complexity index is 490. The van der Waals surface area contributed by atoms with Crippen molar-refractivity contribution in [3.05, 3.63) is 36.0 Å². The molecule has 1 atom stereocenters. The third-order valence-corrected chi connectivity index (χ3v) is 3.48. The summed E-state index contributed by atoms with van der Waals surface area (Å²) in [6.45, 7) is 5.46. The number of nitrogens with one attached hydrogen (secondary N) is 2. The van der Waals surface area contributed by atoms with Crippen molar-refractivity contribution < 1.29 is 5.11 Å². The minimum absolute atomic E-state index is 0.240. The van der Waals surface area contributed by atoms with Gasteiger partial charge in [-0.25, -0.2) is 0 Å². The van der Waals surface area contributed by atoms with Gasteiger partial charge in [0.05, 0.1) is 0 Å². The Kier molecular flexibility index (Phi) is 4.39. The summed E-state index contributed by atoms with van der Waals surface area (Å²) >= 11 is 0. The molecular formula is C15H22N2O. The molecule has 1 aromatic carbocycles. The largest absolute Gasteiger partial charge is 0.396 e. The number of fused-ring (bicyclic) bond motifs is 1. The normalized spacial score (nSPS) is 13.3. The van der Waals surface area contributed by atoms with Crippen molar-refractivity contribution in [2.24, 2.45) is 5.92 Å². The number of aromatic amines is 1. The van der Waals surface area contributed by atoms with Crippen molar-refractivity contribution in [3.63, 3.8) is 0 Å². The maximum Gasteiger partial charge on any atom is 0.0457 e. The molecule has 1 heterocycles. The van der Waals surface area contributed by atoms with Crippen LogP contribution in [0.3, 0.4) is 0 Å². The number of aliphatic hydroxyl groups excluding tert-OH is 1. The van der Waals surface area contributed by atoms with Crippen LogP contribution in [0, 0.1) is 5.92 Å². The summed E-state index contributed by atoms with van der Waals surface area (Å²) in [5.74, 6) is 0.530. The van der Waals surface area contributed by atoms with Gasteiger partial charge in [0, 0.05) is 36.3 Å². The van der Waals surface area contributed by atoms with E-state index in [0.717, 1.165) is 13.0 Å². The number of H-pyrrole nitrogens is 1. The lowest BCUT2D eigenvalue weighted by atomic mass is 10.0. The molecule has 0 aliphatic heterocycles. The molecule has 0 aliphatic rings. The molecule has 0 aliphatic carbocycles. The zero-order chi connectivity index (χ0) is 13.0. The second kappa shape index (κ2) is 6.03. The van der Waals surface area contributed by atoms with E-state index < -0.39 is 0 Å². The zero-order valence-corrected chi connectivity index (χ0v) is 11.1. The number of aliphatic hydroxyl groups is 1. The van der Waals surface area contributed by atoms with E-state index in [0.29, 0.717) is 12.0 Å². The Hall–Kier alpha value is -1.32. The molecule has 0 amide bonds. The first-order valence-electron chi connectivity index (χ1n) is 6.61. The van der Waals surface area contributed by atoms with Crippen LogP contribution in [0.25, 0.3) is 10.9 Å². The van der Waals surface area contributed by atoms with E-state index in [4.69, 9.17) is 5.11 Å². The van der Waals surface area contributed by atoms with E-state index in [-0.39, 0.29) is 6.61 Å². The molecule has 2 aromatic rings. The fourth-order valence-electron chi connectivity index (χ4n) is 2.36. The number of hydrogen-bond acceptors (Lipinski definition) is 2. The molecule has 0 saturated heterocycles. The minimum atomic E-state index is 0.240. The third kappa shape index (κ3) is 2.92. The fourth-order valence-corrected chi connectivity index (χ4v) is 2.36. The van der Waals surface area contributed by atoms with Gasteiger partial charge < -0.3 is 15.4 Å². The Labute approximate surface area is 108 Å². The smallest absolute Gasteiger partial charge is 0.0457 e. The van der Waals surface area contributed by atoms with Crippen LogP contribution in [0.15, 0.2) is 30.5 Å². The van der Waals surface area contributed by atoms with Gasteiger partial charge in [0.2, 0.25) is 0 Å². The fraction of sp³-hybridized carbons (Fsp3) is 0.467. The van der Waals surface area contributed by atoms with Crippen molar-refractivity contribution in [2.75, 3.05) is 6.61 Å². The molecule has 3 N–H and O–H groups in total. The van der Waals surface area contributed by atoms with Gasteiger partial charge in [-0.05, 0) is 30.0 Å². The highest BCUT2D eigenvalue weighted by molar-refractivity contribution is 5.82. The van der Waals surface area contributed by atoms with Crippen molar-refractivity contribution in [1.82, 2.24) is 10.3 Å². The summed E-state index contributed by atoms with van der Waals surface area (Å²) in [6, 6.07) is 8.80. The van der Waals surface area contributed by atoms with Crippen LogP contribution in [0.5, 0.6) is 0 Å². The van der Waals surface area contributed by atoms with Crippen LogP contribution in [0.4, 0.5) is 0 Å². The Morgan fingerprint density at radius 3 is 2.83 bits per heavy atom. The number of aromatic nitrogens is 1. The second-order valence-electron chi connectivity index (χ2n) is 5.10. The minimum Gasteiger partial charge on any atom is -0.396 e. The summed E-state index contributed by atoms with van der Waals surface area (Å²) < 4.78 is 0. The molecule has 98 valence electrons. The van der Waals surface area contributed by atoms with Crippen LogP contribution in [-0.2, 0) is 6.54 Å². The monoisotopic (exact) mass is 246 g/mol. The molecule has 3 nitrogen and oxygen atoms in total. The van der Waals surface area contributed by atoms with Gasteiger partial charge in [0.15, 0.2) is 0 Å². The van der Waals surface area contributed by atoms with E-state index in [1.165, 1.54) is 16.5 Å². The summed E-state index contributed by atoms with van der Waals surface area (Å²) in [5.41, 5.74) is 2.48. The van der Waals surface area contributed by atoms with Gasteiger partial charge >= 0.3 is 0 Å². The molecule has 18 heavy (non-hydrogen) atoms. The molecule has 1 unspecified atom stereocenters. The number of hydrogen-bond donors (Lipinski definition) is 3.